The molecule has 0 saturated carbocycles. The van der Waals surface area contributed by atoms with E-state index in [0.29, 0.717) is 37.6 Å². The van der Waals surface area contributed by atoms with Crippen LogP contribution < -0.4 is 4.90 Å². The van der Waals surface area contributed by atoms with Crippen LogP contribution in [-0.2, 0) is 0 Å². The Labute approximate surface area is 161 Å². The summed E-state index contributed by atoms with van der Waals surface area (Å²) < 4.78 is 1.99. The summed E-state index contributed by atoms with van der Waals surface area (Å²) in [6.07, 6.45) is 5.18. The van der Waals surface area contributed by atoms with Crippen molar-refractivity contribution in [1.82, 2.24) is 14.5 Å². The van der Waals surface area contributed by atoms with Crippen molar-refractivity contribution in [3.63, 3.8) is 0 Å². The molecule has 0 aliphatic carbocycles. The molecule has 28 heavy (non-hydrogen) atoms. The van der Waals surface area contributed by atoms with E-state index in [1.54, 1.807) is 6.07 Å². The van der Waals surface area contributed by atoms with E-state index < -0.39 is 4.92 Å². The lowest BCUT2D eigenvalue weighted by Crippen LogP contribution is -2.49. The van der Waals surface area contributed by atoms with Crippen LogP contribution >= 0.6 is 0 Å². The summed E-state index contributed by atoms with van der Waals surface area (Å²) >= 11 is 0. The zero-order chi connectivity index (χ0) is 19.5. The van der Waals surface area contributed by atoms with E-state index in [2.05, 4.69) is 4.98 Å². The van der Waals surface area contributed by atoms with Gasteiger partial charge in [-0.3, -0.25) is 14.9 Å². The van der Waals surface area contributed by atoms with E-state index >= 15 is 0 Å². The molecule has 0 radical (unpaired) electrons. The van der Waals surface area contributed by atoms with E-state index in [4.69, 9.17) is 0 Å². The molecule has 8 heteroatoms. The van der Waals surface area contributed by atoms with E-state index in [-0.39, 0.29) is 11.6 Å². The quantitative estimate of drug-likeness (QED) is 0.516. The molecular formula is C20H19N5O3. The molecule has 1 amide bonds. The van der Waals surface area contributed by atoms with Crippen molar-refractivity contribution in [1.29, 1.82) is 0 Å². The van der Waals surface area contributed by atoms with Gasteiger partial charge in [0, 0.05) is 55.9 Å². The molecule has 0 bridgehead atoms. The topological polar surface area (TPSA) is 84.5 Å². The number of piperazine rings is 1. The van der Waals surface area contributed by atoms with Crippen LogP contribution in [0, 0.1) is 10.1 Å². The first-order chi connectivity index (χ1) is 13.6. The normalized spacial score (nSPS) is 14.1. The van der Waals surface area contributed by atoms with Crippen LogP contribution in [0.5, 0.6) is 0 Å². The van der Waals surface area contributed by atoms with Crippen molar-refractivity contribution in [3.05, 3.63) is 82.8 Å². The first-order valence-electron chi connectivity index (χ1n) is 9.00. The Bertz CT molecular complexity index is 960. The zero-order valence-corrected chi connectivity index (χ0v) is 15.1. The average Bonchev–Trinajstić information content (AvgIpc) is 3.28. The fraction of sp³-hybridized carbons (Fsp3) is 0.200. The van der Waals surface area contributed by atoms with Crippen LogP contribution in [0.25, 0.3) is 5.69 Å². The van der Waals surface area contributed by atoms with E-state index in [0.717, 1.165) is 5.69 Å². The lowest BCUT2D eigenvalue weighted by molar-refractivity contribution is -0.385. The number of amides is 1. The summed E-state index contributed by atoms with van der Waals surface area (Å²) in [5.74, 6) is 0.698. The number of aromatic nitrogens is 2. The number of nitro groups is 1. The third-order valence-corrected chi connectivity index (χ3v) is 4.85. The lowest BCUT2D eigenvalue weighted by Gasteiger charge is -2.35. The number of nitrogens with zero attached hydrogens (tertiary/aromatic N) is 5. The molecule has 1 aliphatic rings. The van der Waals surface area contributed by atoms with Gasteiger partial charge in [-0.2, -0.15) is 0 Å². The maximum Gasteiger partial charge on any atom is 0.287 e. The first kappa shape index (κ1) is 17.7. The highest BCUT2D eigenvalue weighted by molar-refractivity contribution is 5.94. The molecule has 0 atom stereocenters. The SMILES string of the molecule is O=C(c1ccc(-n2cccc2)cc1)N1CCN(c2ccc([N+](=O)[O-])cn2)CC1. The van der Waals surface area contributed by atoms with Gasteiger partial charge in [0.15, 0.2) is 0 Å². The lowest BCUT2D eigenvalue weighted by atomic mass is 10.1. The molecule has 2 aromatic heterocycles. The fourth-order valence-corrected chi connectivity index (χ4v) is 3.28. The number of benzene rings is 1. The maximum absolute atomic E-state index is 12.8. The molecule has 1 fully saturated rings. The standard InChI is InChI=1S/C20H19N5O3/c26-20(16-3-5-17(6-4-16)22-9-1-2-10-22)24-13-11-23(12-14-24)19-8-7-18(15-21-19)25(27)28/h1-10,15H,11-14H2. The molecule has 0 spiro atoms. The van der Waals surface area contributed by atoms with E-state index in [1.165, 1.54) is 12.3 Å². The zero-order valence-electron chi connectivity index (χ0n) is 15.1. The van der Waals surface area contributed by atoms with Gasteiger partial charge in [0.05, 0.1) is 4.92 Å². The number of carbonyl (C=O) groups is 1. The number of rotatable bonds is 4. The average molecular weight is 377 g/mol. The summed E-state index contributed by atoms with van der Waals surface area (Å²) in [5, 5.41) is 10.7. The summed E-state index contributed by atoms with van der Waals surface area (Å²) in [5.41, 5.74) is 1.65. The first-order valence-corrected chi connectivity index (χ1v) is 9.00. The number of pyridine rings is 1. The van der Waals surface area contributed by atoms with Crippen molar-refractivity contribution < 1.29 is 9.72 Å². The Hall–Kier alpha value is -3.68. The molecular weight excluding hydrogens is 358 g/mol. The van der Waals surface area contributed by atoms with Gasteiger partial charge in [-0.15, -0.1) is 0 Å². The predicted octanol–water partition coefficient (Wildman–Crippen LogP) is 2.74. The number of hydrogen-bond acceptors (Lipinski definition) is 5. The Balaban J connectivity index is 1.38. The van der Waals surface area contributed by atoms with Crippen LogP contribution in [0.15, 0.2) is 67.1 Å². The van der Waals surface area contributed by atoms with Gasteiger partial charge in [-0.25, -0.2) is 4.98 Å². The molecule has 3 heterocycles. The molecule has 1 saturated heterocycles. The van der Waals surface area contributed by atoms with Crippen molar-refractivity contribution in [2.75, 3.05) is 31.1 Å². The van der Waals surface area contributed by atoms with Crippen LogP contribution in [0.1, 0.15) is 10.4 Å². The summed E-state index contributed by atoms with van der Waals surface area (Å²) in [7, 11) is 0. The number of carbonyl (C=O) groups excluding carboxylic acids is 1. The van der Waals surface area contributed by atoms with Crippen LogP contribution in [-0.4, -0.2) is 51.5 Å². The second kappa shape index (κ2) is 7.51. The second-order valence-corrected chi connectivity index (χ2v) is 6.55. The van der Waals surface area contributed by atoms with E-state index in [9.17, 15) is 14.9 Å². The molecule has 3 aromatic rings. The van der Waals surface area contributed by atoms with Crippen molar-refractivity contribution in [2.24, 2.45) is 0 Å². The van der Waals surface area contributed by atoms with Gasteiger partial charge >= 0.3 is 0 Å². The largest absolute Gasteiger partial charge is 0.353 e. The Morgan fingerprint density at radius 2 is 1.64 bits per heavy atom. The summed E-state index contributed by atoms with van der Waals surface area (Å²) in [6.45, 7) is 2.43. The number of hydrogen-bond donors (Lipinski definition) is 0. The molecule has 142 valence electrons. The minimum atomic E-state index is -0.463. The van der Waals surface area contributed by atoms with Gasteiger partial charge in [-0.1, -0.05) is 0 Å². The number of anilines is 1. The van der Waals surface area contributed by atoms with Crippen LogP contribution in [0.4, 0.5) is 11.5 Å². The highest BCUT2D eigenvalue weighted by atomic mass is 16.6. The molecule has 1 aliphatic heterocycles. The van der Waals surface area contributed by atoms with Crippen molar-refractivity contribution in [3.8, 4) is 5.69 Å². The molecule has 1 aromatic carbocycles. The molecule has 4 rings (SSSR count). The summed E-state index contributed by atoms with van der Waals surface area (Å²) in [6, 6.07) is 14.6. The maximum atomic E-state index is 12.8. The minimum Gasteiger partial charge on any atom is -0.353 e. The predicted molar refractivity (Wildman–Crippen MR) is 105 cm³/mol. The Morgan fingerprint density at radius 1 is 0.964 bits per heavy atom. The fourth-order valence-electron chi connectivity index (χ4n) is 3.28. The highest BCUT2D eigenvalue weighted by Gasteiger charge is 2.23. The molecule has 8 nitrogen and oxygen atoms in total. The second-order valence-electron chi connectivity index (χ2n) is 6.55. The third-order valence-electron chi connectivity index (χ3n) is 4.85. The Kier molecular flexibility index (Phi) is 4.76. The Morgan fingerprint density at radius 3 is 2.21 bits per heavy atom. The molecule has 0 unspecified atom stereocenters. The smallest absolute Gasteiger partial charge is 0.287 e. The molecule has 0 N–H and O–H groups in total. The summed E-state index contributed by atoms with van der Waals surface area (Å²) in [4.78, 5) is 31.1. The highest BCUT2D eigenvalue weighted by Crippen LogP contribution is 2.18. The van der Waals surface area contributed by atoms with Gasteiger partial charge in [0.25, 0.3) is 11.6 Å². The van der Waals surface area contributed by atoms with Crippen molar-refractivity contribution in [2.45, 2.75) is 0 Å². The van der Waals surface area contributed by atoms with Gasteiger partial charge < -0.3 is 14.4 Å². The van der Waals surface area contributed by atoms with Crippen LogP contribution in [0.2, 0.25) is 0 Å². The van der Waals surface area contributed by atoms with Crippen LogP contribution in [0.3, 0.4) is 0 Å². The van der Waals surface area contributed by atoms with Gasteiger partial charge in [0.2, 0.25) is 0 Å². The third kappa shape index (κ3) is 3.57. The monoisotopic (exact) mass is 377 g/mol. The minimum absolute atomic E-state index is 0.00960. The van der Waals surface area contributed by atoms with Gasteiger partial charge in [-0.05, 0) is 42.5 Å². The van der Waals surface area contributed by atoms with Crippen molar-refractivity contribution >= 4 is 17.4 Å². The van der Waals surface area contributed by atoms with E-state index in [1.807, 2.05) is 63.2 Å². The van der Waals surface area contributed by atoms with Gasteiger partial charge in [0.1, 0.15) is 12.0 Å².